The molecule has 21 heavy (non-hydrogen) atoms. The fourth-order valence-corrected chi connectivity index (χ4v) is 2.77. The molecule has 5 heteroatoms. The largest absolute Gasteiger partial charge is 0.481 e. The van der Waals surface area contributed by atoms with Crippen molar-refractivity contribution >= 4 is 17.7 Å². The van der Waals surface area contributed by atoms with Gasteiger partial charge in [-0.2, -0.15) is 0 Å². The zero-order valence-corrected chi connectivity index (χ0v) is 12.3. The molecule has 0 heterocycles. The van der Waals surface area contributed by atoms with Crippen molar-refractivity contribution in [3.63, 3.8) is 0 Å². The normalized spacial score (nSPS) is 16.4. The van der Waals surface area contributed by atoms with Gasteiger partial charge in [-0.05, 0) is 37.0 Å². The Labute approximate surface area is 124 Å². The third kappa shape index (κ3) is 3.74. The van der Waals surface area contributed by atoms with E-state index in [2.05, 4.69) is 17.6 Å². The molecule has 1 aliphatic carbocycles. The molecule has 0 unspecified atom stereocenters. The Morgan fingerprint density at radius 2 is 1.81 bits per heavy atom. The lowest BCUT2D eigenvalue weighted by molar-refractivity contribution is -0.148. The smallest absolute Gasteiger partial charge is 0.319 e. The van der Waals surface area contributed by atoms with Crippen molar-refractivity contribution in [3.8, 4) is 0 Å². The van der Waals surface area contributed by atoms with Crippen LogP contribution < -0.4 is 10.6 Å². The highest BCUT2D eigenvalue weighted by atomic mass is 16.4. The summed E-state index contributed by atoms with van der Waals surface area (Å²) in [5, 5.41) is 14.8. The van der Waals surface area contributed by atoms with Gasteiger partial charge in [-0.25, -0.2) is 4.79 Å². The molecule has 5 nitrogen and oxygen atoms in total. The molecule has 1 saturated carbocycles. The number of carbonyl (C=O) groups is 2. The number of nitrogens with one attached hydrogen (secondary N) is 2. The molecule has 0 atom stereocenters. The first-order valence-electron chi connectivity index (χ1n) is 7.43. The van der Waals surface area contributed by atoms with Gasteiger partial charge in [0.25, 0.3) is 0 Å². The molecule has 0 bridgehead atoms. The van der Waals surface area contributed by atoms with Crippen LogP contribution in [0, 0.1) is 5.41 Å². The first-order chi connectivity index (χ1) is 10.1. The van der Waals surface area contributed by atoms with E-state index in [1.54, 1.807) is 0 Å². The minimum Gasteiger partial charge on any atom is -0.481 e. The van der Waals surface area contributed by atoms with E-state index in [1.807, 2.05) is 24.3 Å². The minimum atomic E-state index is -0.812. The Morgan fingerprint density at radius 3 is 2.33 bits per heavy atom. The van der Waals surface area contributed by atoms with Gasteiger partial charge in [0.15, 0.2) is 0 Å². The van der Waals surface area contributed by atoms with Crippen molar-refractivity contribution in [2.75, 3.05) is 11.9 Å². The summed E-state index contributed by atoms with van der Waals surface area (Å²) < 4.78 is 0. The molecule has 2 amide bonds. The van der Waals surface area contributed by atoms with Gasteiger partial charge in [0, 0.05) is 12.2 Å². The maximum absolute atomic E-state index is 11.9. The first-order valence-corrected chi connectivity index (χ1v) is 7.43. The maximum Gasteiger partial charge on any atom is 0.319 e. The number of hydrogen-bond donors (Lipinski definition) is 3. The third-order valence-electron chi connectivity index (χ3n) is 4.22. The number of rotatable bonds is 5. The molecule has 0 spiro atoms. The standard InChI is InChI=1S/C16H22N2O3/c1-2-12-5-7-13(8-6-12)18-15(21)17-11-16(14(19)20)9-3-4-10-16/h5-8H,2-4,9-11H2,1H3,(H,19,20)(H2,17,18,21). The van der Waals surface area contributed by atoms with E-state index in [4.69, 9.17) is 0 Å². The molecule has 2 rings (SSSR count). The predicted molar refractivity (Wildman–Crippen MR) is 81.4 cm³/mol. The SMILES string of the molecule is CCc1ccc(NC(=O)NCC2(C(=O)O)CCCC2)cc1. The number of hydrogen-bond acceptors (Lipinski definition) is 2. The van der Waals surface area contributed by atoms with Gasteiger partial charge in [-0.15, -0.1) is 0 Å². The predicted octanol–water partition coefficient (Wildman–Crippen LogP) is 3.02. The van der Waals surface area contributed by atoms with Gasteiger partial charge in [0.2, 0.25) is 0 Å². The van der Waals surface area contributed by atoms with Gasteiger partial charge < -0.3 is 15.7 Å². The van der Waals surface area contributed by atoms with Gasteiger partial charge in [-0.3, -0.25) is 4.79 Å². The Bertz CT molecular complexity index is 505. The van der Waals surface area contributed by atoms with Gasteiger partial charge >= 0.3 is 12.0 Å². The molecule has 1 aliphatic rings. The lowest BCUT2D eigenvalue weighted by Crippen LogP contribution is -2.42. The molecule has 1 aromatic rings. The van der Waals surface area contributed by atoms with Crippen molar-refractivity contribution in [1.82, 2.24) is 5.32 Å². The van der Waals surface area contributed by atoms with Crippen molar-refractivity contribution in [3.05, 3.63) is 29.8 Å². The van der Waals surface area contributed by atoms with Gasteiger partial charge in [0.05, 0.1) is 5.41 Å². The van der Waals surface area contributed by atoms with E-state index in [-0.39, 0.29) is 12.6 Å². The van der Waals surface area contributed by atoms with Crippen LogP contribution in [0.3, 0.4) is 0 Å². The van der Waals surface area contributed by atoms with Crippen LogP contribution in [0.5, 0.6) is 0 Å². The van der Waals surface area contributed by atoms with Crippen LogP contribution in [0.25, 0.3) is 0 Å². The van der Waals surface area contributed by atoms with Crippen LogP contribution in [0.1, 0.15) is 38.2 Å². The van der Waals surface area contributed by atoms with Crippen molar-refractivity contribution < 1.29 is 14.7 Å². The Hall–Kier alpha value is -2.04. The average Bonchev–Trinajstić information content (AvgIpc) is 2.96. The summed E-state index contributed by atoms with van der Waals surface area (Å²) in [5.41, 5.74) is 1.13. The Balaban J connectivity index is 1.87. The fraction of sp³-hybridized carbons (Fsp3) is 0.500. The topological polar surface area (TPSA) is 78.4 Å². The summed E-state index contributed by atoms with van der Waals surface area (Å²) in [5.74, 6) is -0.812. The summed E-state index contributed by atoms with van der Waals surface area (Å²) in [6.07, 6.45) is 4.04. The number of carboxylic acids is 1. The Morgan fingerprint density at radius 1 is 1.19 bits per heavy atom. The molecule has 114 valence electrons. The van der Waals surface area contributed by atoms with E-state index in [0.717, 1.165) is 19.3 Å². The van der Waals surface area contributed by atoms with E-state index < -0.39 is 11.4 Å². The number of aliphatic carboxylic acids is 1. The van der Waals surface area contributed by atoms with Gasteiger partial charge in [0.1, 0.15) is 0 Å². The number of anilines is 1. The number of benzene rings is 1. The second-order valence-corrected chi connectivity index (χ2v) is 5.65. The molecule has 0 aliphatic heterocycles. The minimum absolute atomic E-state index is 0.182. The quantitative estimate of drug-likeness (QED) is 0.780. The van der Waals surface area contributed by atoms with Crippen LogP contribution in [-0.4, -0.2) is 23.7 Å². The number of aryl methyl sites for hydroxylation is 1. The van der Waals surface area contributed by atoms with E-state index in [9.17, 15) is 14.7 Å². The van der Waals surface area contributed by atoms with Crippen LogP contribution in [0.15, 0.2) is 24.3 Å². The second-order valence-electron chi connectivity index (χ2n) is 5.65. The number of carboxylic acid groups (broad SMARTS) is 1. The molecule has 1 aromatic carbocycles. The highest BCUT2D eigenvalue weighted by Crippen LogP contribution is 2.37. The molecule has 0 aromatic heterocycles. The van der Waals surface area contributed by atoms with Gasteiger partial charge in [-0.1, -0.05) is 31.9 Å². The van der Waals surface area contributed by atoms with E-state index in [1.165, 1.54) is 5.56 Å². The first kappa shape index (κ1) is 15.4. The van der Waals surface area contributed by atoms with Crippen molar-refractivity contribution in [2.45, 2.75) is 39.0 Å². The number of carbonyl (C=O) groups excluding carboxylic acids is 1. The molecule has 3 N–H and O–H groups in total. The molecular formula is C16H22N2O3. The summed E-state index contributed by atoms with van der Waals surface area (Å²) in [4.78, 5) is 23.3. The molecular weight excluding hydrogens is 268 g/mol. The van der Waals surface area contributed by atoms with Crippen LogP contribution in [-0.2, 0) is 11.2 Å². The second kappa shape index (κ2) is 6.61. The molecule has 1 fully saturated rings. The Kier molecular flexibility index (Phi) is 4.83. The highest BCUT2D eigenvalue weighted by Gasteiger charge is 2.41. The van der Waals surface area contributed by atoms with Crippen LogP contribution in [0.4, 0.5) is 10.5 Å². The lowest BCUT2D eigenvalue weighted by atomic mass is 9.86. The summed E-state index contributed by atoms with van der Waals surface area (Å²) in [7, 11) is 0. The van der Waals surface area contributed by atoms with Crippen molar-refractivity contribution in [2.24, 2.45) is 5.41 Å². The lowest BCUT2D eigenvalue weighted by Gasteiger charge is -2.24. The summed E-state index contributed by atoms with van der Waals surface area (Å²) in [6.45, 7) is 2.25. The zero-order chi connectivity index (χ0) is 15.3. The van der Waals surface area contributed by atoms with E-state index in [0.29, 0.717) is 18.5 Å². The van der Waals surface area contributed by atoms with E-state index >= 15 is 0 Å². The molecule has 0 saturated heterocycles. The van der Waals surface area contributed by atoms with Crippen LogP contribution >= 0.6 is 0 Å². The zero-order valence-electron chi connectivity index (χ0n) is 12.3. The monoisotopic (exact) mass is 290 g/mol. The third-order valence-corrected chi connectivity index (χ3v) is 4.22. The summed E-state index contributed by atoms with van der Waals surface area (Å²) in [6, 6.07) is 7.27. The maximum atomic E-state index is 11.9. The summed E-state index contributed by atoms with van der Waals surface area (Å²) >= 11 is 0. The van der Waals surface area contributed by atoms with Crippen LogP contribution in [0.2, 0.25) is 0 Å². The number of amides is 2. The number of urea groups is 1. The molecule has 0 radical (unpaired) electrons. The highest BCUT2D eigenvalue weighted by molar-refractivity contribution is 5.89. The fourth-order valence-electron chi connectivity index (χ4n) is 2.77. The average molecular weight is 290 g/mol. The van der Waals surface area contributed by atoms with Crippen molar-refractivity contribution in [1.29, 1.82) is 0 Å².